The lowest BCUT2D eigenvalue weighted by atomic mass is 10.1. The Kier molecular flexibility index (Phi) is 5.41. The van der Waals surface area contributed by atoms with Crippen LogP contribution < -0.4 is 11.1 Å². The van der Waals surface area contributed by atoms with Crippen molar-refractivity contribution in [3.8, 4) is 0 Å². The van der Waals surface area contributed by atoms with Gasteiger partial charge in [0.05, 0.1) is 5.01 Å². The quantitative estimate of drug-likeness (QED) is 0.859. The molecule has 0 radical (unpaired) electrons. The first kappa shape index (κ1) is 15.6. The lowest BCUT2D eigenvalue weighted by Crippen LogP contribution is -2.31. The van der Waals surface area contributed by atoms with Gasteiger partial charge >= 0.3 is 0 Å². The zero-order valence-electron chi connectivity index (χ0n) is 11.8. The van der Waals surface area contributed by atoms with Crippen molar-refractivity contribution >= 4 is 17.2 Å². The van der Waals surface area contributed by atoms with Crippen molar-refractivity contribution in [1.82, 2.24) is 10.3 Å². The first-order chi connectivity index (χ1) is 10.1. The SMILES string of the molecule is CC(CN)CNC(=O)c1csc(Cc2ccc(F)cc2)n1. The number of thiazole rings is 1. The summed E-state index contributed by atoms with van der Waals surface area (Å²) in [5.41, 5.74) is 6.89. The molecule has 2 rings (SSSR count). The molecule has 0 aliphatic heterocycles. The van der Waals surface area contributed by atoms with Crippen LogP contribution in [0.15, 0.2) is 29.6 Å². The van der Waals surface area contributed by atoms with Crippen LogP contribution in [0.5, 0.6) is 0 Å². The van der Waals surface area contributed by atoms with E-state index in [2.05, 4.69) is 10.3 Å². The number of nitrogens with one attached hydrogen (secondary N) is 1. The van der Waals surface area contributed by atoms with E-state index in [-0.39, 0.29) is 17.6 Å². The second-order valence-corrected chi connectivity index (χ2v) is 5.92. The van der Waals surface area contributed by atoms with Crippen LogP contribution in [0.2, 0.25) is 0 Å². The first-order valence-electron chi connectivity index (χ1n) is 6.75. The van der Waals surface area contributed by atoms with E-state index in [0.29, 0.717) is 25.2 Å². The van der Waals surface area contributed by atoms with Crippen molar-refractivity contribution in [3.63, 3.8) is 0 Å². The summed E-state index contributed by atoms with van der Waals surface area (Å²) in [6.45, 7) is 3.05. The van der Waals surface area contributed by atoms with E-state index >= 15 is 0 Å². The molecule has 112 valence electrons. The van der Waals surface area contributed by atoms with Gasteiger partial charge in [0.2, 0.25) is 0 Å². The van der Waals surface area contributed by atoms with E-state index in [0.717, 1.165) is 10.6 Å². The highest BCUT2D eigenvalue weighted by Crippen LogP contribution is 2.15. The summed E-state index contributed by atoms with van der Waals surface area (Å²) in [7, 11) is 0. The first-order valence-corrected chi connectivity index (χ1v) is 7.63. The highest BCUT2D eigenvalue weighted by atomic mass is 32.1. The van der Waals surface area contributed by atoms with Crippen molar-refractivity contribution in [2.24, 2.45) is 11.7 Å². The van der Waals surface area contributed by atoms with E-state index < -0.39 is 0 Å². The van der Waals surface area contributed by atoms with E-state index in [1.807, 2.05) is 6.92 Å². The average molecular weight is 307 g/mol. The standard InChI is InChI=1S/C15H18FN3OS/c1-10(7-17)8-18-15(20)13-9-21-14(19-13)6-11-2-4-12(16)5-3-11/h2-5,9-10H,6-8,17H2,1H3,(H,18,20). The molecule has 4 nitrogen and oxygen atoms in total. The van der Waals surface area contributed by atoms with Gasteiger partial charge in [0.1, 0.15) is 11.5 Å². The van der Waals surface area contributed by atoms with Gasteiger partial charge in [-0.25, -0.2) is 9.37 Å². The lowest BCUT2D eigenvalue weighted by molar-refractivity contribution is 0.0944. The smallest absolute Gasteiger partial charge is 0.270 e. The number of hydrogen-bond donors (Lipinski definition) is 2. The largest absolute Gasteiger partial charge is 0.350 e. The number of halogens is 1. The maximum Gasteiger partial charge on any atom is 0.270 e. The predicted octanol–water partition coefficient (Wildman–Crippen LogP) is 2.20. The molecule has 1 amide bonds. The van der Waals surface area contributed by atoms with Gasteiger partial charge in [0.25, 0.3) is 5.91 Å². The summed E-state index contributed by atoms with van der Waals surface area (Å²) in [5.74, 6) is -0.199. The molecule has 3 N–H and O–H groups in total. The Bertz CT molecular complexity index is 597. The van der Waals surface area contributed by atoms with Crippen LogP contribution >= 0.6 is 11.3 Å². The molecule has 0 spiro atoms. The van der Waals surface area contributed by atoms with Crippen LogP contribution in [-0.2, 0) is 6.42 Å². The number of carbonyl (C=O) groups excluding carboxylic acids is 1. The van der Waals surface area contributed by atoms with Crippen LogP contribution in [-0.4, -0.2) is 24.0 Å². The number of benzene rings is 1. The number of carbonyl (C=O) groups is 1. The number of amides is 1. The Morgan fingerprint density at radius 3 is 2.81 bits per heavy atom. The molecule has 6 heteroatoms. The average Bonchev–Trinajstić information content (AvgIpc) is 2.95. The molecule has 1 heterocycles. The Morgan fingerprint density at radius 2 is 2.14 bits per heavy atom. The van der Waals surface area contributed by atoms with Gasteiger partial charge in [-0.2, -0.15) is 0 Å². The third kappa shape index (κ3) is 4.61. The van der Waals surface area contributed by atoms with Gasteiger partial charge in [-0.1, -0.05) is 19.1 Å². The van der Waals surface area contributed by atoms with Crippen LogP contribution in [0, 0.1) is 11.7 Å². The third-order valence-corrected chi connectivity index (χ3v) is 3.92. The van der Waals surface area contributed by atoms with Crippen LogP contribution in [0.1, 0.15) is 28.0 Å². The number of rotatable bonds is 6. The monoisotopic (exact) mass is 307 g/mol. The van der Waals surface area contributed by atoms with E-state index in [1.165, 1.54) is 23.5 Å². The summed E-state index contributed by atoms with van der Waals surface area (Å²) < 4.78 is 12.8. The molecule has 0 aliphatic carbocycles. The molecule has 21 heavy (non-hydrogen) atoms. The summed E-state index contributed by atoms with van der Waals surface area (Å²) in [5, 5.41) is 5.38. The Hall–Kier alpha value is -1.79. The minimum absolute atomic E-state index is 0.183. The van der Waals surface area contributed by atoms with E-state index in [9.17, 15) is 9.18 Å². The molecule has 0 bridgehead atoms. The fraction of sp³-hybridized carbons (Fsp3) is 0.333. The molecule has 0 aliphatic rings. The predicted molar refractivity (Wildman–Crippen MR) is 81.9 cm³/mol. The number of aromatic nitrogens is 1. The minimum atomic E-state index is -0.257. The topological polar surface area (TPSA) is 68.0 Å². The number of hydrogen-bond acceptors (Lipinski definition) is 4. The summed E-state index contributed by atoms with van der Waals surface area (Å²) in [6, 6.07) is 6.29. The molecule has 1 aromatic heterocycles. The fourth-order valence-electron chi connectivity index (χ4n) is 1.71. The molecule has 2 aromatic rings. The molecular formula is C15H18FN3OS. The van der Waals surface area contributed by atoms with Crippen LogP contribution in [0.4, 0.5) is 4.39 Å². The highest BCUT2D eigenvalue weighted by molar-refractivity contribution is 7.09. The van der Waals surface area contributed by atoms with Crippen molar-refractivity contribution in [2.45, 2.75) is 13.3 Å². The Balaban J connectivity index is 1.94. The second-order valence-electron chi connectivity index (χ2n) is 4.98. The maximum atomic E-state index is 12.8. The summed E-state index contributed by atoms with van der Waals surface area (Å²) >= 11 is 1.43. The molecule has 0 fully saturated rings. The zero-order chi connectivity index (χ0) is 15.2. The van der Waals surface area contributed by atoms with Crippen LogP contribution in [0.3, 0.4) is 0 Å². The molecule has 1 unspecified atom stereocenters. The summed E-state index contributed by atoms with van der Waals surface area (Å²) in [6.07, 6.45) is 0.595. The fourth-order valence-corrected chi connectivity index (χ4v) is 2.52. The van der Waals surface area contributed by atoms with Gasteiger partial charge in [-0.15, -0.1) is 11.3 Å². The Labute approximate surface area is 127 Å². The van der Waals surface area contributed by atoms with Crippen molar-refractivity contribution in [3.05, 3.63) is 51.7 Å². The Morgan fingerprint density at radius 1 is 1.43 bits per heavy atom. The highest BCUT2D eigenvalue weighted by Gasteiger charge is 2.11. The van der Waals surface area contributed by atoms with E-state index in [4.69, 9.17) is 5.73 Å². The molecule has 1 aromatic carbocycles. The zero-order valence-corrected chi connectivity index (χ0v) is 12.6. The second kappa shape index (κ2) is 7.28. The van der Waals surface area contributed by atoms with Gasteiger partial charge in [-0.05, 0) is 30.2 Å². The minimum Gasteiger partial charge on any atom is -0.350 e. The van der Waals surface area contributed by atoms with Gasteiger partial charge in [0, 0.05) is 18.3 Å². The van der Waals surface area contributed by atoms with Gasteiger partial charge in [-0.3, -0.25) is 4.79 Å². The van der Waals surface area contributed by atoms with Gasteiger partial charge < -0.3 is 11.1 Å². The molecular weight excluding hydrogens is 289 g/mol. The van der Waals surface area contributed by atoms with Crippen LogP contribution in [0.25, 0.3) is 0 Å². The van der Waals surface area contributed by atoms with Crippen molar-refractivity contribution in [2.75, 3.05) is 13.1 Å². The summed E-state index contributed by atoms with van der Waals surface area (Å²) in [4.78, 5) is 16.2. The van der Waals surface area contributed by atoms with Gasteiger partial charge in [0.15, 0.2) is 0 Å². The maximum absolute atomic E-state index is 12.8. The third-order valence-electron chi connectivity index (χ3n) is 3.07. The number of nitrogens with zero attached hydrogens (tertiary/aromatic N) is 1. The molecule has 1 atom stereocenters. The van der Waals surface area contributed by atoms with Crippen molar-refractivity contribution < 1.29 is 9.18 Å². The van der Waals surface area contributed by atoms with Crippen molar-refractivity contribution in [1.29, 1.82) is 0 Å². The van der Waals surface area contributed by atoms with E-state index in [1.54, 1.807) is 17.5 Å². The number of nitrogens with two attached hydrogens (primary N) is 1. The normalized spacial score (nSPS) is 12.1. The molecule has 0 saturated carbocycles. The lowest BCUT2D eigenvalue weighted by Gasteiger charge is -2.08. The molecule has 0 saturated heterocycles.